The van der Waals surface area contributed by atoms with E-state index in [1.807, 2.05) is 32.0 Å². The van der Waals surface area contributed by atoms with Gasteiger partial charge in [0.05, 0.1) is 11.7 Å². The lowest BCUT2D eigenvalue weighted by Crippen LogP contribution is -2.42. The predicted octanol–water partition coefficient (Wildman–Crippen LogP) is 3.98. The van der Waals surface area contributed by atoms with E-state index in [1.54, 1.807) is 23.1 Å². The third kappa shape index (κ3) is 5.97. The molecule has 1 atom stereocenters. The first-order valence-corrected chi connectivity index (χ1v) is 14.8. The maximum atomic E-state index is 12.9. The van der Waals surface area contributed by atoms with E-state index in [4.69, 9.17) is 9.26 Å². The summed E-state index contributed by atoms with van der Waals surface area (Å²) in [7, 11) is -3.81. The molecule has 2 aromatic carbocycles. The van der Waals surface area contributed by atoms with E-state index >= 15 is 0 Å². The average molecular weight is 550 g/mol. The maximum absolute atomic E-state index is 12.9. The van der Waals surface area contributed by atoms with Crippen LogP contribution in [0.15, 0.2) is 40.9 Å². The number of likely N-dealkylation sites (tertiary alicyclic amines) is 1. The summed E-state index contributed by atoms with van der Waals surface area (Å²) in [6.07, 6.45) is 4.01. The summed E-state index contributed by atoms with van der Waals surface area (Å²) in [6.45, 7) is 5.01. The van der Waals surface area contributed by atoms with Crippen molar-refractivity contribution in [1.82, 2.24) is 19.8 Å². The normalized spacial score (nSPS) is 17.2. The standard InChI is InChI=1S/C28H31N5O5S/c1-18(2)37-25-12-9-19(15-20(25)16-29)28-30-27(31-38-28)23-8-6-7-22-21(23)10-11-24(22)32-39(35,36)17-26(34)33-13-4-3-5-14-33/h6-9,12,15,18,24,32H,3-5,10-11,13-14,17H2,1-2H3/t24-/m1/s1. The fourth-order valence-corrected chi connectivity index (χ4v) is 6.47. The second-order valence-electron chi connectivity index (χ2n) is 10.2. The molecule has 0 spiro atoms. The van der Waals surface area contributed by atoms with Crippen LogP contribution in [0.2, 0.25) is 0 Å². The van der Waals surface area contributed by atoms with Crippen LogP contribution in [0.5, 0.6) is 5.75 Å². The number of rotatable bonds is 8. The van der Waals surface area contributed by atoms with Crippen molar-refractivity contribution in [3.63, 3.8) is 0 Å². The minimum atomic E-state index is -3.81. The van der Waals surface area contributed by atoms with Gasteiger partial charge in [-0.25, -0.2) is 13.1 Å². The molecule has 0 radical (unpaired) electrons. The number of fused-ring (bicyclic) bond motifs is 1. The highest BCUT2D eigenvalue weighted by molar-refractivity contribution is 7.90. The van der Waals surface area contributed by atoms with Gasteiger partial charge < -0.3 is 14.2 Å². The van der Waals surface area contributed by atoms with Crippen molar-refractivity contribution in [2.45, 2.75) is 58.1 Å². The lowest BCUT2D eigenvalue weighted by molar-refractivity contribution is -0.129. The summed E-state index contributed by atoms with van der Waals surface area (Å²) < 4.78 is 39.7. The van der Waals surface area contributed by atoms with Gasteiger partial charge in [-0.15, -0.1) is 0 Å². The number of amides is 1. The number of nitriles is 1. The smallest absolute Gasteiger partial charge is 0.258 e. The number of nitrogens with one attached hydrogen (secondary N) is 1. The Morgan fingerprint density at radius 2 is 2.03 bits per heavy atom. The Bertz CT molecular complexity index is 1520. The van der Waals surface area contributed by atoms with Crippen LogP contribution in [0.25, 0.3) is 22.8 Å². The van der Waals surface area contributed by atoms with Crippen molar-refractivity contribution in [2.75, 3.05) is 18.8 Å². The zero-order valence-electron chi connectivity index (χ0n) is 22.0. The number of hydrogen-bond donors (Lipinski definition) is 1. The monoisotopic (exact) mass is 549 g/mol. The largest absolute Gasteiger partial charge is 0.490 e. The van der Waals surface area contributed by atoms with Crippen molar-refractivity contribution in [2.24, 2.45) is 0 Å². The lowest BCUT2D eigenvalue weighted by Gasteiger charge is -2.26. The van der Waals surface area contributed by atoms with Crippen LogP contribution in [-0.4, -0.2) is 54.3 Å². The molecule has 1 aromatic heterocycles. The van der Waals surface area contributed by atoms with Gasteiger partial charge in [-0.3, -0.25) is 4.79 Å². The van der Waals surface area contributed by atoms with Gasteiger partial charge in [0.2, 0.25) is 21.8 Å². The molecule has 1 amide bonds. The SMILES string of the molecule is CC(C)Oc1ccc(-c2nc(-c3cccc4c3CC[C@H]4NS(=O)(=O)CC(=O)N3CCCCC3)no2)cc1C#N. The molecular formula is C28H31N5O5S. The average Bonchev–Trinajstić information content (AvgIpc) is 3.56. The molecule has 0 unspecified atom stereocenters. The Labute approximate surface area is 228 Å². The zero-order chi connectivity index (χ0) is 27.6. The molecule has 2 aliphatic rings. The highest BCUT2D eigenvalue weighted by Crippen LogP contribution is 2.38. The summed E-state index contributed by atoms with van der Waals surface area (Å²) in [5.41, 5.74) is 3.51. The van der Waals surface area contributed by atoms with E-state index in [-0.39, 0.29) is 17.9 Å². The number of sulfonamides is 1. The molecule has 1 fully saturated rings. The van der Waals surface area contributed by atoms with Gasteiger partial charge in [-0.05, 0) is 75.3 Å². The number of piperidine rings is 1. The molecule has 1 aliphatic carbocycles. The molecular weight excluding hydrogens is 518 g/mol. The van der Waals surface area contributed by atoms with E-state index in [9.17, 15) is 18.5 Å². The topological polar surface area (TPSA) is 138 Å². The Morgan fingerprint density at radius 3 is 2.77 bits per heavy atom. The summed E-state index contributed by atoms with van der Waals surface area (Å²) in [4.78, 5) is 18.8. The molecule has 0 saturated carbocycles. The van der Waals surface area contributed by atoms with E-state index in [1.165, 1.54) is 0 Å². The van der Waals surface area contributed by atoms with Crippen LogP contribution in [0, 0.1) is 11.3 Å². The summed E-state index contributed by atoms with van der Waals surface area (Å²) in [5.74, 6) is 0.242. The van der Waals surface area contributed by atoms with Crippen molar-refractivity contribution >= 4 is 15.9 Å². The minimum absolute atomic E-state index is 0.0680. The van der Waals surface area contributed by atoms with Gasteiger partial charge in [0.15, 0.2) is 0 Å². The van der Waals surface area contributed by atoms with Gasteiger partial charge in [-0.2, -0.15) is 10.2 Å². The number of ether oxygens (including phenoxy) is 1. The third-order valence-corrected chi connectivity index (χ3v) is 8.26. The lowest BCUT2D eigenvalue weighted by atomic mass is 10.0. The van der Waals surface area contributed by atoms with E-state index in [0.29, 0.717) is 48.6 Å². The van der Waals surface area contributed by atoms with Crippen LogP contribution in [0.1, 0.15) is 62.3 Å². The fourth-order valence-electron chi connectivity index (χ4n) is 5.20. The summed E-state index contributed by atoms with van der Waals surface area (Å²) in [5, 5.41) is 13.7. The molecule has 5 rings (SSSR count). The first kappa shape index (κ1) is 26.8. The van der Waals surface area contributed by atoms with E-state index in [2.05, 4.69) is 20.9 Å². The summed E-state index contributed by atoms with van der Waals surface area (Å²) >= 11 is 0. The van der Waals surface area contributed by atoms with Gasteiger partial charge in [-0.1, -0.05) is 23.4 Å². The van der Waals surface area contributed by atoms with Gasteiger partial charge >= 0.3 is 0 Å². The van der Waals surface area contributed by atoms with Crippen LogP contribution in [-0.2, 0) is 21.2 Å². The van der Waals surface area contributed by atoms with Crippen molar-refractivity contribution in [3.05, 3.63) is 53.1 Å². The minimum Gasteiger partial charge on any atom is -0.490 e. The quantitative estimate of drug-likeness (QED) is 0.445. The molecule has 0 bridgehead atoms. The number of carbonyl (C=O) groups is 1. The van der Waals surface area contributed by atoms with E-state index < -0.39 is 21.8 Å². The highest BCUT2D eigenvalue weighted by Gasteiger charge is 2.31. The second-order valence-corrected chi connectivity index (χ2v) is 11.9. The first-order chi connectivity index (χ1) is 18.7. The van der Waals surface area contributed by atoms with Crippen LogP contribution in [0.3, 0.4) is 0 Å². The molecule has 1 saturated heterocycles. The maximum Gasteiger partial charge on any atom is 0.258 e. The molecule has 2 heterocycles. The number of benzene rings is 2. The van der Waals surface area contributed by atoms with Gasteiger partial charge in [0.25, 0.3) is 5.89 Å². The second kappa shape index (κ2) is 11.2. The number of aromatic nitrogens is 2. The zero-order valence-corrected chi connectivity index (χ0v) is 22.8. The third-order valence-electron chi connectivity index (χ3n) is 6.99. The fraction of sp³-hybridized carbons (Fsp3) is 0.429. The molecule has 11 heteroatoms. The van der Waals surface area contributed by atoms with E-state index in [0.717, 1.165) is 36.0 Å². The Balaban J connectivity index is 1.33. The molecule has 39 heavy (non-hydrogen) atoms. The molecule has 1 N–H and O–H groups in total. The Morgan fingerprint density at radius 1 is 1.23 bits per heavy atom. The number of hydrogen-bond acceptors (Lipinski definition) is 8. The van der Waals surface area contributed by atoms with Crippen molar-refractivity contribution in [1.29, 1.82) is 5.26 Å². The van der Waals surface area contributed by atoms with Crippen LogP contribution >= 0.6 is 0 Å². The molecule has 204 valence electrons. The predicted molar refractivity (Wildman–Crippen MR) is 144 cm³/mol. The van der Waals surface area contributed by atoms with Gasteiger partial charge in [0.1, 0.15) is 17.6 Å². The van der Waals surface area contributed by atoms with Gasteiger partial charge in [0, 0.05) is 30.3 Å². The number of carbonyl (C=O) groups excluding carboxylic acids is 1. The first-order valence-electron chi connectivity index (χ1n) is 13.2. The summed E-state index contributed by atoms with van der Waals surface area (Å²) in [6, 6.07) is 12.4. The highest BCUT2D eigenvalue weighted by atomic mass is 32.2. The van der Waals surface area contributed by atoms with Crippen LogP contribution < -0.4 is 9.46 Å². The molecule has 3 aromatic rings. The molecule has 10 nitrogen and oxygen atoms in total. The Hall–Kier alpha value is -3.75. The Kier molecular flexibility index (Phi) is 7.68. The van der Waals surface area contributed by atoms with Crippen LogP contribution in [0.4, 0.5) is 0 Å². The van der Waals surface area contributed by atoms with Crippen molar-refractivity contribution in [3.8, 4) is 34.7 Å². The molecule has 1 aliphatic heterocycles. The van der Waals surface area contributed by atoms with Crippen molar-refractivity contribution < 1.29 is 22.5 Å². The number of nitrogens with zero attached hydrogens (tertiary/aromatic N) is 4.